The van der Waals surface area contributed by atoms with Crippen molar-refractivity contribution in [3.63, 3.8) is 0 Å². The maximum Gasteiger partial charge on any atom is 0.325 e. The van der Waals surface area contributed by atoms with E-state index in [-0.39, 0.29) is 36.4 Å². The number of rotatable bonds is 4. The molecule has 2 atom stereocenters. The summed E-state index contributed by atoms with van der Waals surface area (Å²) in [5.74, 6) is -0.546. The van der Waals surface area contributed by atoms with Crippen molar-refractivity contribution >= 4 is 11.9 Å². The van der Waals surface area contributed by atoms with E-state index in [1.807, 2.05) is 13.8 Å². The van der Waals surface area contributed by atoms with Crippen LogP contribution in [0.4, 0.5) is 0 Å². The molecular weight excluding hydrogens is 232 g/mol. The van der Waals surface area contributed by atoms with Crippen LogP contribution < -0.4 is 5.73 Å². The number of nitrogens with zero attached hydrogens (tertiary/aromatic N) is 1. The van der Waals surface area contributed by atoms with Crippen LogP contribution in [0.25, 0.3) is 0 Å². The Bertz CT molecular complexity index is 305. The third-order valence-electron chi connectivity index (χ3n) is 3.57. The number of methoxy groups -OCH3 is 1. The van der Waals surface area contributed by atoms with E-state index < -0.39 is 0 Å². The maximum absolute atomic E-state index is 12.4. The van der Waals surface area contributed by atoms with Crippen LogP contribution in [0.1, 0.15) is 39.5 Å². The number of hydrogen-bond donors (Lipinski definition) is 1. The van der Waals surface area contributed by atoms with Gasteiger partial charge in [0.2, 0.25) is 5.91 Å². The Morgan fingerprint density at radius 1 is 1.33 bits per heavy atom. The minimum absolute atomic E-state index is 0.0101. The Balaban J connectivity index is 2.72. The highest BCUT2D eigenvalue weighted by Crippen LogP contribution is 2.25. The molecule has 0 heterocycles. The minimum Gasteiger partial charge on any atom is -0.468 e. The molecule has 1 saturated carbocycles. The SMILES string of the molecule is COC(=O)CN(C(=O)C1CCCCC1N)C(C)C. The molecule has 1 aliphatic rings. The molecule has 0 aromatic rings. The molecule has 0 aromatic carbocycles. The highest BCUT2D eigenvalue weighted by atomic mass is 16.5. The van der Waals surface area contributed by atoms with Gasteiger partial charge in [0.1, 0.15) is 6.54 Å². The average Bonchev–Trinajstić information content (AvgIpc) is 2.35. The van der Waals surface area contributed by atoms with E-state index in [0.29, 0.717) is 0 Å². The van der Waals surface area contributed by atoms with Gasteiger partial charge in [0.05, 0.1) is 13.0 Å². The van der Waals surface area contributed by atoms with Crippen LogP contribution in [0.5, 0.6) is 0 Å². The predicted octanol–water partition coefficient (Wildman–Crippen LogP) is 0.914. The van der Waals surface area contributed by atoms with Gasteiger partial charge >= 0.3 is 5.97 Å². The summed E-state index contributed by atoms with van der Waals surface area (Å²) in [6.07, 6.45) is 3.84. The molecule has 1 fully saturated rings. The normalized spacial score (nSPS) is 23.8. The van der Waals surface area contributed by atoms with Crippen molar-refractivity contribution in [2.45, 2.75) is 51.6 Å². The molecule has 2 N–H and O–H groups in total. The fourth-order valence-corrected chi connectivity index (χ4v) is 2.40. The molecule has 0 radical (unpaired) electrons. The van der Waals surface area contributed by atoms with E-state index in [4.69, 9.17) is 5.73 Å². The van der Waals surface area contributed by atoms with Gasteiger partial charge in [0, 0.05) is 12.1 Å². The van der Waals surface area contributed by atoms with Crippen molar-refractivity contribution < 1.29 is 14.3 Å². The lowest BCUT2D eigenvalue weighted by molar-refractivity contribution is -0.150. The summed E-state index contributed by atoms with van der Waals surface area (Å²) in [7, 11) is 1.33. The van der Waals surface area contributed by atoms with E-state index in [1.165, 1.54) is 7.11 Å². The van der Waals surface area contributed by atoms with Crippen LogP contribution >= 0.6 is 0 Å². The van der Waals surface area contributed by atoms with Gasteiger partial charge in [-0.25, -0.2) is 0 Å². The molecule has 1 aliphatic carbocycles. The summed E-state index contributed by atoms with van der Waals surface area (Å²) in [6, 6.07) is -0.101. The molecule has 0 bridgehead atoms. The van der Waals surface area contributed by atoms with E-state index in [0.717, 1.165) is 25.7 Å². The third kappa shape index (κ3) is 3.70. The van der Waals surface area contributed by atoms with E-state index in [2.05, 4.69) is 4.74 Å². The maximum atomic E-state index is 12.4. The zero-order chi connectivity index (χ0) is 13.7. The number of carbonyl (C=O) groups is 2. The lowest BCUT2D eigenvalue weighted by Gasteiger charge is -2.34. The summed E-state index contributed by atoms with van der Waals surface area (Å²) in [5.41, 5.74) is 6.02. The van der Waals surface area contributed by atoms with Crippen molar-refractivity contribution in [2.24, 2.45) is 11.7 Å². The topological polar surface area (TPSA) is 72.6 Å². The monoisotopic (exact) mass is 256 g/mol. The second kappa shape index (κ2) is 6.73. The molecule has 5 heteroatoms. The summed E-state index contributed by atoms with van der Waals surface area (Å²) < 4.78 is 4.63. The number of ether oxygens (including phenoxy) is 1. The summed E-state index contributed by atoms with van der Waals surface area (Å²) in [4.78, 5) is 25.4. The second-order valence-corrected chi connectivity index (χ2v) is 5.19. The van der Waals surface area contributed by atoms with Gasteiger partial charge in [0.25, 0.3) is 0 Å². The molecule has 0 saturated heterocycles. The van der Waals surface area contributed by atoms with Crippen LogP contribution in [-0.4, -0.2) is 42.5 Å². The lowest BCUT2D eigenvalue weighted by Crippen LogP contribution is -2.49. The summed E-state index contributed by atoms with van der Waals surface area (Å²) in [5, 5.41) is 0. The quantitative estimate of drug-likeness (QED) is 0.759. The number of esters is 1. The van der Waals surface area contributed by atoms with Crippen LogP contribution in [0.2, 0.25) is 0 Å². The Labute approximate surface area is 109 Å². The molecule has 1 rings (SSSR count). The number of hydrogen-bond acceptors (Lipinski definition) is 4. The Hall–Kier alpha value is -1.10. The summed E-state index contributed by atoms with van der Waals surface area (Å²) in [6.45, 7) is 3.81. The number of carbonyl (C=O) groups excluding carboxylic acids is 2. The smallest absolute Gasteiger partial charge is 0.325 e. The fourth-order valence-electron chi connectivity index (χ4n) is 2.40. The molecule has 0 spiro atoms. The van der Waals surface area contributed by atoms with Gasteiger partial charge in [-0.1, -0.05) is 12.8 Å². The number of nitrogens with two attached hydrogens (primary N) is 1. The van der Waals surface area contributed by atoms with Crippen LogP contribution in [0.15, 0.2) is 0 Å². The van der Waals surface area contributed by atoms with Crippen molar-refractivity contribution in [1.29, 1.82) is 0 Å². The van der Waals surface area contributed by atoms with Gasteiger partial charge < -0.3 is 15.4 Å². The van der Waals surface area contributed by atoms with Gasteiger partial charge in [-0.05, 0) is 26.7 Å². The first-order valence-electron chi connectivity index (χ1n) is 6.60. The highest BCUT2D eigenvalue weighted by molar-refractivity contribution is 5.84. The van der Waals surface area contributed by atoms with Crippen LogP contribution in [0.3, 0.4) is 0 Å². The molecule has 104 valence electrons. The Kier molecular flexibility index (Phi) is 5.59. The predicted molar refractivity (Wildman–Crippen MR) is 68.8 cm³/mol. The highest BCUT2D eigenvalue weighted by Gasteiger charge is 2.33. The molecule has 2 unspecified atom stereocenters. The zero-order valence-electron chi connectivity index (χ0n) is 11.5. The van der Waals surface area contributed by atoms with Crippen molar-refractivity contribution in [3.8, 4) is 0 Å². The van der Waals surface area contributed by atoms with Crippen molar-refractivity contribution in [1.82, 2.24) is 4.90 Å². The fraction of sp³-hybridized carbons (Fsp3) is 0.846. The van der Waals surface area contributed by atoms with Crippen LogP contribution in [0, 0.1) is 5.92 Å². The molecule has 0 aliphatic heterocycles. The number of amides is 1. The van der Waals surface area contributed by atoms with Crippen LogP contribution in [-0.2, 0) is 14.3 Å². The largest absolute Gasteiger partial charge is 0.468 e. The standard InChI is InChI=1S/C13H24N2O3/c1-9(2)15(8-12(16)18-3)13(17)10-6-4-5-7-11(10)14/h9-11H,4-8,14H2,1-3H3. The van der Waals surface area contributed by atoms with Gasteiger partial charge in [0.15, 0.2) is 0 Å². The molecule has 1 amide bonds. The first kappa shape index (κ1) is 15.0. The van der Waals surface area contributed by atoms with E-state index in [1.54, 1.807) is 4.90 Å². The van der Waals surface area contributed by atoms with Gasteiger partial charge in [-0.3, -0.25) is 9.59 Å². The second-order valence-electron chi connectivity index (χ2n) is 5.19. The molecule has 18 heavy (non-hydrogen) atoms. The molecule has 0 aromatic heterocycles. The van der Waals surface area contributed by atoms with Gasteiger partial charge in [-0.15, -0.1) is 0 Å². The minimum atomic E-state index is -0.388. The van der Waals surface area contributed by atoms with E-state index in [9.17, 15) is 9.59 Å². The Morgan fingerprint density at radius 2 is 1.94 bits per heavy atom. The van der Waals surface area contributed by atoms with Gasteiger partial charge in [-0.2, -0.15) is 0 Å². The van der Waals surface area contributed by atoms with Crippen molar-refractivity contribution in [2.75, 3.05) is 13.7 Å². The average molecular weight is 256 g/mol. The molecule has 5 nitrogen and oxygen atoms in total. The first-order valence-corrected chi connectivity index (χ1v) is 6.60. The van der Waals surface area contributed by atoms with Crippen molar-refractivity contribution in [3.05, 3.63) is 0 Å². The first-order chi connectivity index (χ1) is 8.47. The zero-order valence-corrected chi connectivity index (χ0v) is 11.5. The lowest BCUT2D eigenvalue weighted by atomic mass is 9.84. The summed E-state index contributed by atoms with van der Waals surface area (Å²) >= 11 is 0. The third-order valence-corrected chi connectivity index (χ3v) is 3.57. The Morgan fingerprint density at radius 3 is 2.44 bits per heavy atom. The van der Waals surface area contributed by atoms with E-state index >= 15 is 0 Å². The molecular formula is C13H24N2O3.